The van der Waals surface area contributed by atoms with E-state index in [9.17, 15) is 12.8 Å². The van der Waals surface area contributed by atoms with E-state index in [1.165, 1.54) is 29.2 Å². The number of halogens is 2. The molecule has 0 spiro atoms. The zero-order valence-corrected chi connectivity index (χ0v) is 11.9. The van der Waals surface area contributed by atoms with Crippen LogP contribution in [0.5, 0.6) is 0 Å². The van der Waals surface area contributed by atoms with Crippen LogP contribution >= 0.6 is 15.9 Å². The van der Waals surface area contributed by atoms with Crippen molar-refractivity contribution in [2.75, 3.05) is 0 Å². The topological polar surface area (TPSA) is 52.0 Å². The van der Waals surface area contributed by atoms with E-state index in [-0.39, 0.29) is 16.2 Å². The first kappa shape index (κ1) is 13.2. The minimum Gasteiger partial charge on any atom is -0.274 e. The SMILES string of the molecule is Cn1cc(S(=O)(=O)Cc2ccc(Br)cc2F)cn1. The average molecular weight is 333 g/mol. The number of hydrogen-bond donors (Lipinski definition) is 0. The van der Waals surface area contributed by atoms with E-state index >= 15 is 0 Å². The Hall–Kier alpha value is -1.21. The first-order valence-electron chi connectivity index (χ1n) is 5.04. The predicted octanol–water partition coefficient (Wildman–Crippen LogP) is 2.30. The summed E-state index contributed by atoms with van der Waals surface area (Å²) in [6.07, 6.45) is 2.65. The molecular weight excluding hydrogens is 323 g/mol. The Morgan fingerprint density at radius 3 is 2.72 bits per heavy atom. The highest BCUT2D eigenvalue weighted by molar-refractivity contribution is 9.10. The van der Waals surface area contributed by atoms with Gasteiger partial charge in [-0.2, -0.15) is 5.10 Å². The summed E-state index contributed by atoms with van der Waals surface area (Å²) in [6.45, 7) is 0. The molecule has 0 atom stereocenters. The second-order valence-corrected chi connectivity index (χ2v) is 6.75. The molecule has 7 heteroatoms. The van der Waals surface area contributed by atoms with Crippen LogP contribution in [0, 0.1) is 5.82 Å². The maximum Gasteiger partial charge on any atom is 0.185 e. The smallest absolute Gasteiger partial charge is 0.185 e. The van der Waals surface area contributed by atoms with Gasteiger partial charge < -0.3 is 0 Å². The molecule has 2 aromatic rings. The van der Waals surface area contributed by atoms with Gasteiger partial charge in [0.1, 0.15) is 10.7 Å². The van der Waals surface area contributed by atoms with Crippen molar-refractivity contribution >= 4 is 25.8 Å². The summed E-state index contributed by atoms with van der Waals surface area (Å²) in [4.78, 5) is 0.0901. The van der Waals surface area contributed by atoms with E-state index in [1.807, 2.05) is 0 Å². The maximum atomic E-state index is 13.6. The first-order chi connectivity index (χ1) is 8.38. The third-order valence-electron chi connectivity index (χ3n) is 2.40. The summed E-state index contributed by atoms with van der Waals surface area (Å²) < 4.78 is 39.6. The van der Waals surface area contributed by atoms with Crippen LogP contribution in [0.4, 0.5) is 4.39 Å². The Morgan fingerprint density at radius 1 is 1.44 bits per heavy atom. The molecule has 0 aliphatic carbocycles. The van der Waals surface area contributed by atoms with Gasteiger partial charge in [0.25, 0.3) is 0 Å². The zero-order valence-electron chi connectivity index (χ0n) is 9.47. The van der Waals surface area contributed by atoms with Crippen LogP contribution in [-0.4, -0.2) is 18.2 Å². The quantitative estimate of drug-likeness (QED) is 0.866. The molecule has 1 aromatic carbocycles. The Labute approximate surface area is 112 Å². The van der Waals surface area contributed by atoms with Crippen molar-refractivity contribution in [3.63, 3.8) is 0 Å². The van der Waals surface area contributed by atoms with E-state index in [0.29, 0.717) is 4.47 Å². The van der Waals surface area contributed by atoms with Crippen molar-refractivity contribution in [2.24, 2.45) is 7.05 Å². The summed E-state index contributed by atoms with van der Waals surface area (Å²) in [7, 11) is -1.94. The fourth-order valence-corrected chi connectivity index (χ4v) is 3.15. The zero-order chi connectivity index (χ0) is 13.3. The molecule has 18 heavy (non-hydrogen) atoms. The summed E-state index contributed by atoms with van der Waals surface area (Å²) in [5.74, 6) is -0.922. The number of aromatic nitrogens is 2. The molecule has 4 nitrogen and oxygen atoms in total. The highest BCUT2D eigenvalue weighted by Gasteiger charge is 2.19. The number of aryl methyl sites for hydroxylation is 1. The van der Waals surface area contributed by atoms with Gasteiger partial charge in [-0.15, -0.1) is 0 Å². The third-order valence-corrected chi connectivity index (χ3v) is 4.51. The lowest BCUT2D eigenvalue weighted by Crippen LogP contribution is -2.05. The van der Waals surface area contributed by atoms with E-state index in [0.717, 1.165) is 0 Å². The number of nitrogens with zero attached hydrogens (tertiary/aromatic N) is 2. The van der Waals surface area contributed by atoms with Gasteiger partial charge in [0.2, 0.25) is 0 Å². The molecule has 0 fully saturated rings. The van der Waals surface area contributed by atoms with Gasteiger partial charge in [-0.3, -0.25) is 4.68 Å². The van der Waals surface area contributed by atoms with Crippen molar-refractivity contribution in [1.29, 1.82) is 0 Å². The molecule has 1 heterocycles. The summed E-state index contributed by atoms with van der Waals surface area (Å²) in [6, 6.07) is 4.30. The van der Waals surface area contributed by atoms with Gasteiger partial charge in [-0.1, -0.05) is 22.0 Å². The Bertz CT molecular complexity index is 682. The Balaban J connectivity index is 2.33. The maximum absolute atomic E-state index is 13.6. The van der Waals surface area contributed by atoms with E-state index in [2.05, 4.69) is 21.0 Å². The van der Waals surface area contributed by atoms with E-state index < -0.39 is 15.7 Å². The summed E-state index contributed by atoms with van der Waals surface area (Å²) >= 11 is 3.12. The normalized spacial score (nSPS) is 11.7. The van der Waals surface area contributed by atoms with E-state index in [1.54, 1.807) is 13.1 Å². The first-order valence-corrected chi connectivity index (χ1v) is 7.48. The van der Waals surface area contributed by atoms with Crippen LogP contribution in [0.1, 0.15) is 5.56 Å². The lowest BCUT2D eigenvalue weighted by atomic mass is 10.2. The molecule has 0 saturated heterocycles. The fraction of sp³-hybridized carbons (Fsp3) is 0.182. The fourth-order valence-electron chi connectivity index (χ4n) is 1.49. The molecule has 0 radical (unpaired) electrons. The van der Waals surface area contributed by atoms with Gasteiger partial charge in [0.15, 0.2) is 9.84 Å². The molecule has 0 N–H and O–H groups in total. The lowest BCUT2D eigenvalue weighted by molar-refractivity contribution is 0.586. The van der Waals surface area contributed by atoms with Crippen molar-refractivity contribution < 1.29 is 12.8 Å². The standard InChI is InChI=1S/C11H10BrFN2O2S/c1-15-6-10(5-14-15)18(16,17)7-8-2-3-9(12)4-11(8)13/h2-6H,7H2,1H3. The van der Waals surface area contributed by atoms with Crippen LogP contribution in [-0.2, 0) is 22.6 Å². The molecule has 0 unspecified atom stereocenters. The van der Waals surface area contributed by atoms with Crippen molar-refractivity contribution in [2.45, 2.75) is 10.6 Å². The molecular formula is C11H10BrFN2O2S. The number of hydrogen-bond acceptors (Lipinski definition) is 3. The van der Waals surface area contributed by atoms with Crippen molar-refractivity contribution in [1.82, 2.24) is 9.78 Å². The highest BCUT2D eigenvalue weighted by Crippen LogP contribution is 2.20. The number of rotatable bonds is 3. The van der Waals surface area contributed by atoms with Gasteiger partial charge in [-0.25, -0.2) is 12.8 Å². The molecule has 0 amide bonds. The minimum atomic E-state index is -3.57. The van der Waals surface area contributed by atoms with Gasteiger partial charge in [0.05, 0.1) is 11.9 Å². The second kappa shape index (κ2) is 4.81. The van der Waals surface area contributed by atoms with Crippen LogP contribution < -0.4 is 0 Å². The summed E-state index contributed by atoms with van der Waals surface area (Å²) in [5, 5.41) is 3.80. The number of benzene rings is 1. The van der Waals surface area contributed by atoms with Crippen LogP contribution in [0.25, 0.3) is 0 Å². The minimum absolute atomic E-state index is 0.0901. The molecule has 2 rings (SSSR count). The van der Waals surface area contributed by atoms with Crippen LogP contribution in [0.15, 0.2) is 40.0 Å². The molecule has 0 aliphatic heterocycles. The van der Waals surface area contributed by atoms with Gasteiger partial charge in [-0.05, 0) is 12.1 Å². The van der Waals surface area contributed by atoms with Crippen LogP contribution in [0.2, 0.25) is 0 Å². The average Bonchev–Trinajstić information content (AvgIpc) is 2.70. The lowest BCUT2D eigenvalue weighted by Gasteiger charge is -2.04. The van der Waals surface area contributed by atoms with Crippen molar-refractivity contribution in [3.8, 4) is 0 Å². The molecule has 96 valence electrons. The number of sulfone groups is 1. The highest BCUT2D eigenvalue weighted by atomic mass is 79.9. The molecule has 0 aliphatic rings. The van der Waals surface area contributed by atoms with Gasteiger partial charge >= 0.3 is 0 Å². The molecule has 0 saturated carbocycles. The molecule has 1 aromatic heterocycles. The monoisotopic (exact) mass is 332 g/mol. The summed E-state index contributed by atoms with van der Waals surface area (Å²) in [5.41, 5.74) is 0.141. The van der Waals surface area contributed by atoms with Crippen molar-refractivity contribution in [3.05, 3.63) is 46.4 Å². The Morgan fingerprint density at radius 2 is 2.17 bits per heavy atom. The molecule has 0 bridgehead atoms. The second-order valence-electron chi connectivity index (χ2n) is 3.84. The van der Waals surface area contributed by atoms with Gasteiger partial charge in [0, 0.05) is 23.3 Å². The predicted molar refractivity (Wildman–Crippen MR) is 68.2 cm³/mol. The Kier molecular flexibility index (Phi) is 3.54. The third kappa shape index (κ3) is 2.78. The largest absolute Gasteiger partial charge is 0.274 e. The van der Waals surface area contributed by atoms with Crippen LogP contribution in [0.3, 0.4) is 0 Å². The van der Waals surface area contributed by atoms with E-state index in [4.69, 9.17) is 0 Å².